The smallest absolute Gasteiger partial charge is 0.155 e. The van der Waals surface area contributed by atoms with Crippen molar-refractivity contribution in [1.29, 1.82) is 5.26 Å². The van der Waals surface area contributed by atoms with Gasteiger partial charge in [0.05, 0.1) is 11.5 Å². The van der Waals surface area contributed by atoms with Crippen molar-refractivity contribution in [2.45, 2.75) is 78.1 Å². The van der Waals surface area contributed by atoms with Crippen LogP contribution in [0.3, 0.4) is 0 Å². The largest absolute Gasteiger partial charge is 0.295 e. The molecule has 6 rings (SSSR count). The summed E-state index contributed by atoms with van der Waals surface area (Å²) in [5.74, 6) is 6.76. The molecule has 0 saturated heterocycles. The van der Waals surface area contributed by atoms with Crippen LogP contribution in [0.5, 0.6) is 0 Å². The predicted molar refractivity (Wildman–Crippen MR) is 109 cm³/mol. The summed E-state index contributed by atoms with van der Waals surface area (Å²) in [6.07, 6.45) is 14.2. The van der Waals surface area contributed by atoms with Crippen LogP contribution < -0.4 is 0 Å². The summed E-state index contributed by atoms with van der Waals surface area (Å²) in [5, 5.41) is 10.5. The number of nitriles is 1. The molecule has 5 fully saturated rings. The average molecular weight is 378 g/mol. The number of allylic oxidation sites excluding steroid dienone is 1. The zero-order valence-electron chi connectivity index (χ0n) is 17.6. The second-order valence-electron chi connectivity index (χ2n) is 11.3. The number of hydrogen-bond acceptors (Lipinski definition) is 2. The van der Waals surface area contributed by atoms with E-state index in [0.717, 1.165) is 54.8 Å². The molecule has 0 aromatic heterocycles. The van der Waals surface area contributed by atoms with Gasteiger partial charge in [-0.3, -0.25) is 4.79 Å². The molecule has 1 unspecified atom stereocenters. The second kappa shape index (κ2) is 5.74. The van der Waals surface area contributed by atoms with E-state index in [1.54, 1.807) is 0 Å². The van der Waals surface area contributed by atoms with E-state index >= 15 is 0 Å². The molecule has 2 nitrogen and oxygen atoms in total. The molecule has 150 valence electrons. The van der Waals surface area contributed by atoms with Crippen LogP contribution >= 0.6 is 0 Å². The van der Waals surface area contributed by atoms with Crippen molar-refractivity contribution < 1.29 is 4.79 Å². The maximum atomic E-state index is 12.2. The quantitative estimate of drug-likeness (QED) is 0.611. The first-order valence-electron chi connectivity index (χ1n) is 12.2. The summed E-state index contributed by atoms with van der Waals surface area (Å²) in [4.78, 5) is 12.2. The number of fused-ring (bicyclic) bond motifs is 7. The molecule has 6 aliphatic carbocycles. The number of carbonyl (C=O) groups is 1. The van der Waals surface area contributed by atoms with Crippen LogP contribution in [0.1, 0.15) is 78.1 Å². The lowest BCUT2D eigenvalue weighted by molar-refractivity contribution is -0.118. The van der Waals surface area contributed by atoms with Gasteiger partial charge in [0.15, 0.2) is 5.78 Å². The van der Waals surface area contributed by atoms with E-state index in [-0.39, 0.29) is 10.8 Å². The van der Waals surface area contributed by atoms with Gasteiger partial charge >= 0.3 is 0 Å². The van der Waals surface area contributed by atoms with Crippen LogP contribution in [-0.4, -0.2) is 5.78 Å². The third kappa shape index (κ3) is 1.97. The van der Waals surface area contributed by atoms with Gasteiger partial charge in [-0.2, -0.15) is 5.26 Å². The molecule has 0 spiro atoms. The Hall–Kier alpha value is -1.10. The molecular formula is C26H35NO. The minimum Gasteiger partial charge on any atom is -0.295 e. The van der Waals surface area contributed by atoms with Gasteiger partial charge < -0.3 is 0 Å². The van der Waals surface area contributed by atoms with Crippen molar-refractivity contribution in [2.75, 3.05) is 0 Å². The fraction of sp³-hybridized carbons (Fsp3) is 0.846. The first-order valence-corrected chi connectivity index (χ1v) is 12.2. The molecule has 0 aliphatic heterocycles. The van der Waals surface area contributed by atoms with E-state index in [2.05, 4.69) is 26.0 Å². The van der Waals surface area contributed by atoms with Gasteiger partial charge in [-0.25, -0.2) is 0 Å². The third-order valence-corrected chi connectivity index (χ3v) is 10.9. The number of ketones is 1. The summed E-state index contributed by atoms with van der Waals surface area (Å²) in [6.45, 7) is 4.71. The van der Waals surface area contributed by atoms with Gasteiger partial charge in [-0.15, -0.1) is 0 Å². The first-order chi connectivity index (χ1) is 13.6. The molecule has 9 atom stereocenters. The van der Waals surface area contributed by atoms with Gasteiger partial charge in [-0.05, 0) is 117 Å². The Morgan fingerprint density at radius 2 is 1.93 bits per heavy atom. The van der Waals surface area contributed by atoms with Gasteiger partial charge in [-0.1, -0.05) is 19.4 Å². The summed E-state index contributed by atoms with van der Waals surface area (Å²) in [7, 11) is 0. The fourth-order valence-electron chi connectivity index (χ4n) is 9.83. The Kier molecular flexibility index (Phi) is 3.63. The lowest BCUT2D eigenvalue weighted by atomic mass is 9.43. The first kappa shape index (κ1) is 17.7. The van der Waals surface area contributed by atoms with E-state index in [4.69, 9.17) is 0 Å². The Morgan fingerprint density at radius 3 is 2.61 bits per heavy atom. The van der Waals surface area contributed by atoms with Crippen molar-refractivity contribution in [2.24, 2.45) is 58.2 Å². The standard InChI is InChI=1S/C26H35NO/c1-3-25-10-9-19-18-8-7-17(28)11-16(18)12-20(15-5-6-15)23(19)24(25)21-13-22(21)26(25,4-2)14-27/h11,15,18-24H,3-10,12-13H2,1-2H3/t18-,19+,20-,21+,22-,23-,24-,25-,26?/m0/s1. The lowest BCUT2D eigenvalue weighted by Gasteiger charge is -2.60. The van der Waals surface area contributed by atoms with Gasteiger partial charge in [0.25, 0.3) is 0 Å². The van der Waals surface area contributed by atoms with Crippen LogP contribution in [0, 0.1) is 69.5 Å². The van der Waals surface area contributed by atoms with E-state index in [0.29, 0.717) is 17.6 Å². The highest BCUT2D eigenvalue weighted by Crippen LogP contribution is 2.81. The highest BCUT2D eigenvalue weighted by atomic mass is 16.1. The molecule has 2 heteroatoms. The highest BCUT2D eigenvalue weighted by molar-refractivity contribution is 5.91. The molecule has 0 heterocycles. The molecular weight excluding hydrogens is 342 g/mol. The fourth-order valence-corrected chi connectivity index (χ4v) is 9.83. The van der Waals surface area contributed by atoms with E-state index in [1.807, 2.05) is 0 Å². The van der Waals surface area contributed by atoms with Crippen LogP contribution in [0.25, 0.3) is 0 Å². The van der Waals surface area contributed by atoms with Crippen molar-refractivity contribution in [3.8, 4) is 6.07 Å². The number of nitrogens with zero attached hydrogens (tertiary/aromatic N) is 1. The highest BCUT2D eigenvalue weighted by Gasteiger charge is 2.77. The Bertz CT molecular complexity index is 787. The monoisotopic (exact) mass is 377 g/mol. The Balaban J connectivity index is 1.46. The second-order valence-corrected chi connectivity index (χ2v) is 11.3. The molecule has 28 heavy (non-hydrogen) atoms. The minimum atomic E-state index is -0.0468. The molecule has 6 aliphatic rings. The summed E-state index contributed by atoms with van der Waals surface area (Å²) < 4.78 is 0. The number of hydrogen-bond donors (Lipinski definition) is 0. The number of rotatable bonds is 3. The van der Waals surface area contributed by atoms with Crippen molar-refractivity contribution in [3.05, 3.63) is 11.6 Å². The zero-order valence-corrected chi connectivity index (χ0v) is 17.6. The van der Waals surface area contributed by atoms with Crippen LogP contribution in [0.2, 0.25) is 0 Å². The maximum absolute atomic E-state index is 12.2. The molecule has 0 radical (unpaired) electrons. The third-order valence-electron chi connectivity index (χ3n) is 10.9. The topological polar surface area (TPSA) is 40.9 Å². The van der Waals surface area contributed by atoms with E-state index in [9.17, 15) is 10.1 Å². The number of carbonyl (C=O) groups excluding carboxylic acids is 1. The van der Waals surface area contributed by atoms with Gasteiger partial charge in [0, 0.05) is 6.42 Å². The van der Waals surface area contributed by atoms with Crippen LogP contribution in [-0.2, 0) is 4.79 Å². The summed E-state index contributed by atoms with van der Waals surface area (Å²) >= 11 is 0. The molecule has 0 amide bonds. The lowest BCUT2D eigenvalue weighted by Crippen LogP contribution is -2.55. The Morgan fingerprint density at radius 1 is 1.11 bits per heavy atom. The van der Waals surface area contributed by atoms with Crippen molar-refractivity contribution in [1.82, 2.24) is 0 Å². The molecule has 5 saturated carbocycles. The molecule has 0 aromatic rings. The molecule has 0 aromatic carbocycles. The van der Waals surface area contributed by atoms with Gasteiger partial charge in [0.1, 0.15) is 0 Å². The normalized spacial score (nSPS) is 54.0. The minimum absolute atomic E-state index is 0.0468. The van der Waals surface area contributed by atoms with Crippen molar-refractivity contribution in [3.63, 3.8) is 0 Å². The SMILES string of the molecule is CCC1(C#N)[C@H]2C[C@H]2[C@H]2[C@H]3[C@H](CC[C@@]21CC)[C@H]1CCC(=O)C=C1C[C@H]3C1CC1. The van der Waals surface area contributed by atoms with Crippen LogP contribution in [0.4, 0.5) is 0 Å². The average Bonchev–Trinajstić information content (AvgIpc) is 3.63. The summed E-state index contributed by atoms with van der Waals surface area (Å²) in [5.41, 5.74) is 1.77. The van der Waals surface area contributed by atoms with E-state index < -0.39 is 0 Å². The molecule has 0 N–H and O–H groups in total. The summed E-state index contributed by atoms with van der Waals surface area (Å²) in [6, 6.07) is 2.97. The zero-order chi connectivity index (χ0) is 19.3. The van der Waals surface area contributed by atoms with Gasteiger partial charge in [0.2, 0.25) is 0 Å². The Labute approximate surface area is 170 Å². The van der Waals surface area contributed by atoms with E-state index in [1.165, 1.54) is 50.5 Å². The van der Waals surface area contributed by atoms with Crippen molar-refractivity contribution >= 4 is 5.78 Å². The molecule has 0 bridgehead atoms. The maximum Gasteiger partial charge on any atom is 0.155 e. The predicted octanol–water partition coefficient (Wildman–Crippen LogP) is 5.93. The van der Waals surface area contributed by atoms with Crippen LogP contribution in [0.15, 0.2) is 11.6 Å².